The predicted molar refractivity (Wildman–Crippen MR) is 95.9 cm³/mol. The molecule has 0 saturated carbocycles. The molecule has 128 valence electrons. The van der Waals surface area contributed by atoms with E-state index in [2.05, 4.69) is 53.5 Å². The standard InChI is InChI=1S/C19H26N4O/c1-13(2)8-18(24)22-9-14-11-23(12-15(14)10-22)19-20-16-6-4-5-7-17(16)21(19)3/h4-7,13-15H,8-12H2,1-3H3. The van der Waals surface area contributed by atoms with Crippen LogP contribution in [-0.2, 0) is 11.8 Å². The third-order valence-corrected chi connectivity index (χ3v) is 5.47. The average molecular weight is 326 g/mol. The van der Waals surface area contributed by atoms with Crippen LogP contribution in [0.3, 0.4) is 0 Å². The van der Waals surface area contributed by atoms with Gasteiger partial charge >= 0.3 is 0 Å². The minimum atomic E-state index is 0.327. The Bertz CT molecular complexity index is 752. The maximum Gasteiger partial charge on any atom is 0.222 e. The molecule has 2 aliphatic heterocycles. The van der Waals surface area contributed by atoms with Crippen LogP contribution in [0.1, 0.15) is 20.3 Å². The second-order valence-corrected chi connectivity index (χ2v) is 7.78. The monoisotopic (exact) mass is 326 g/mol. The molecule has 0 radical (unpaired) electrons. The van der Waals surface area contributed by atoms with E-state index in [1.165, 1.54) is 5.52 Å². The molecular formula is C19H26N4O. The lowest BCUT2D eigenvalue weighted by Gasteiger charge is -2.23. The van der Waals surface area contributed by atoms with Gasteiger partial charge in [-0.25, -0.2) is 4.98 Å². The zero-order valence-electron chi connectivity index (χ0n) is 14.8. The van der Waals surface area contributed by atoms with Crippen LogP contribution in [0.4, 0.5) is 5.95 Å². The zero-order chi connectivity index (χ0) is 16.8. The molecule has 0 N–H and O–H groups in total. The number of amides is 1. The van der Waals surface area contributed by atoms with Crippen molar-refractivity contribution in [2.24, 2.45) is 24.8 Å². The number of aromatic nitrogens is 2. The summed E-state index contributed by atoms with van der Waals surface area (Å²) in [6.45, 7) is 8.07. The van der Waals surface area contributed by atoms with E-state index in [-0.39, 0.29) is 0 Å². The maximum absolute atomic E-state index is 12.3. The van der Waals surface area contributed by atoms with Gasteiger partial charge in [-0.3, -0.25) is 4.79 Å². The SMILES string of the molecule is CC(C)CC(=O)N1CC2CN(c3nc4ccccc4n3C)CC2C1. The van der Waals surface area contributed by atoms with Crippen molar-refractivity contribution in [3.8, 4) is 0 Å². The van der Waals surface area contributed by atoms with E-state index in [1.54, 1.807) is 0 Å². The van der Waals surface area contributed by atoms with Crippen LogP contribution in [0, 0.1) is 17.8 Å². The van der Waals surface area contributed by atoms with Gasteiger partial charge in [0.1, 0.15) is 0 Å². The molecule has 5 heteroatoms. The summed E-state index contributed by atoms with van der Waals surface area (Å²) in [5, 5.41) is 0. The number of carbonyl (C=O) groups is 1. The number of fused-ring (bicyclic) bond motifs is 2. The molecule has 1 amide bonds. The van der Waals surface area contributed by atoms with Crippen LogP contribution in [0.25, 0.3) is 11.0 Å². The van der Waals surface area contributed by atoms with Gasteiger partial charge in [0, 0.05) is 51.5 Å². The molecule has 1 aromatic heterocycles. The van der Waals surface area contributed by atoms with Crippen LogP contribution in [0.15, 0.2) is 24.3 Å². The van der Waals surface area contributed by atoms with Crippen molar-refractivity contribution in [3.63, 3.8) is 0 Å². The summed E-state index contributed by atoms with van der Waals surface area (Å²) in [6.07, 6.45) is 0.675. The van der Waals surface area contributed by atoms with Crippen LogP contribution in [0.5, 0.6) is 0 Å². The molecule has 24 heavy (non-hydrogen) atoms. The number of anilines is 1. The Hall–Kier alpha value is -2.04. The lowest BCUT2D eigenvalue weighted by molar-refractivity contribution is -0.131. The van der Waals surface area contributed by atoms with E-state index in [0.717, 1.165) is 37.6 Å². The van der Waals surface area contributed by atoms with Crippen molar-refractivity contribution in [1.82, 2.24) is 14.5 Å². The van der Waals surface area contributed by atoms with Crippen molar-refractivity contribution < 1.29 is 4.79 Å². The van der Waals surface area contributed by atoms with Crippen LogP contribution in [0.2, 0.25) is 0 Å². The Morgan fingerprint density at radius 1 is 1.17 bits per heavy atom. The molecule has 0 spiro atoms. The summed E-state index contributed by atoms with van der Waals surface area (Å²) >= 11 is 0. The normalized spacial score (nSPS) is 23.5. The Balaban J connectivity index is 1.47. The number of benzene rings is 1. The van der Waals surface area contributed by atoms with Gasteiger partial charge in [0.15, 0.2) is 0 Å². The number of aryl methyl sites for hydroxylation is 1. The molecule has 2 atom stereocenters. The first kappa shape index (κ1) is 15.5. The van der Waals surface area contributed by atoms with Gasteiger partial charge < -0.3 is 14.4 Å². The molecule has 1 aromatic carbocycles. The highest BCUT2D eigenvalue weighted by Crippen LogP contribution is 2.34. The fourth-order valence-electron chi connectivity index (χ4n) is 4.25. The summed E-state index contributed by atoms with van der Waals surface area (Å²) in [4.78, 5) is 21.6. The van der Waals surface area contributed by atoms with Crippen molar-refractivity contribution >= 4 is 22.9 Å². The second kappa shape index (κ2) is 5.80. The van der Waals surface area contributed by atoms with Gasteiger partial charge in [-0.2, -0.15) is 0 Å². The summed E-state index contributed by atoms with van der Waals surface area (Å²) in [6, 6.07) is 8.29. The minimum Gasteiger partial charge on any atom is -0.342 e. The molecule has 2 fully saturated rings. The van der Waals surface area contributed by atoms with Gasteiger partial charge in [0.25, 0.3) is 0 Å². The largest absolute Gasteiger partial charge is 0.342 e. The molecule has 2 aromatic rings. The van der Waals surface area contributed by atoms with Gasteiger partial charge in [0.05, 0.1) is 11.0 Å². The zero-order valence-corrected chi connectivity index (χ0v) is 14.8. The van der Waals surface area contributed by atoms with Gasteiger partial charge in [-0.1, -0.05) is 26.0 Å². The molecular weight excluding hydrogens is 300 g/mol. The molecule has 0 bridgehead atoms. The fraction of sp³-hybridized carbons (Fsp3) is 0.579. The molecule has 2 aliphatic rings. The molecule has 0 aliphatic carbocycles. The molecule has 5 nitrogen and oxygen atoms in total. The first-order chi connectivity index (χ1) is 11.5. The highest BCUT2D eigenvalue weighted by Gasteiger charge is 2.42. The summed E-state index contributed by atoms with van der Waals surface area (Å²) in [5.41, 5.74) is 2.24. The first-order valence-electron chi connectivity index (χ1n) is 8.97. The molecule has 4 rings (SSSR count). The van der Waals surface area contributed by atoms with Crippen LogP contribution >= 0.6 is 0 Å². The third-order valence-electron chi connectivity index (χ3n) is 5.47. The lowest BCUT2D eigenvalue weighted by Crippen LogP contribution is -2.34. The number of hydrogen-bond acceptors (Lipinski definition) is 3. The quantitative estimate of drug-likeness (QED) is 0.870. The average Bonchev–Trinajstić information content (AvgIpc) is 3.18. The highest BCUT2D eigenvalue weighted by molar-refractivity contribution is 5.79. The Morgan fingerprint density at radius 2 is 1.83 bits per heavy atom. The first-order valence-corrected chi connectivity index (χ1v) is 8.97. The number of rotatable bonds is 3. The summed E-state index contributed by atoms with van der Waals surface area (Å²) in [5.74, 6) is 3.00. The van der Waals surface area contributed by atoms with E-state index in [4.69, 9.17) is 4.98 Å². The summed E-state index contributed by atoms with van der Waals surface area (Å²) in [7, 11) is 2.09. The number of imidazole rings is 1. The lowest BCUT2D eigenvalue weighted by atomic mass is 10.0. The van der Waals surface area contributed by atoms with Crippen LogP contribution in [-0.4, -0.2) is 46.5 Å². The van der Waals surface area contributed by atoms with E-state index in [9.17, 15) is 4.79 Å². The molecule has 3 heterocycles. The number of para-hydroxylation sites is 2. The van der Waals surface area contributed by atoms with Crippen molar-refractivity contribution in [2.75, 3.05) is 31.1 Å². The van der Waals surface area contributed by atoms with Crippen molar-refractivity contribution in [2.45, 2.75) is 20.3 Å². The van der Waals surface area contributed by atoms with Crippen molar-refractivity contribution in [3.05, 3.63) is 24.3 Å². The Morgan fingerprint density at radius 3 is 2.46 bits per heavy atom. The maximum atomic E-state index is 12.3. The predicted octanol–water partition coefficient (Wildman–Crippen LogP) is 2.51. The van der Waals surface area contributed by atoms with E-state index >= 15 is 0 Å². The number of hydrogen-bond donors (Lipinski definition) is 0. The Labute approximate surface area is 143 Å². The minimum absolute atomic E-state index is 0.327. The van der Waals surface area contributed by atoms with E-state index in [1.807, 2.05) is 6.07 Å². The Kier molecular flexibility index (Phi) is 3.74. The summed E-state index contributed by atoms with van der Waals surface area (Å²) < 4.78 is 2.19. The molecule has 2 saturated heterocycles. The van der Waals surface area contributed by atoms with Gasteiger partial charge in [-0.15, -0.1) is 0 Å². The van der Waals surface area contributed by atoms with E-state index in [0.29, 0.717) is 30.1 Å². The molecule has 2 unspecified atom stereocenters. The highest BCUT2D eigenvalue weighted by atomic mass is 16.2. The number of carbonyl (C=O) groups excluding carboxylic acids is 1. The van der Waals surface area contributed by atoms with E-state index < -0.39 is 0 Å². The fourth-order valence-corrected chi connectivity index (χ4v) is 4.25. The second-order valence-electron chi connectivity index (χ2n) is 7.78. The van der Waals surface area contributed by atoms with Gasteiger partial charge in [-0.05, 0) is 18.1 Å². The van der Waals surface area contributed by atoms with Crippen molar-refractivity contribution in [1.29, 1.82) is 0 Å². The number of likely N-dealkylation sites (tertiary alicyclic amines) is 1. The smallest absolute Gasteiger partial charge is 0.222 e. The van der Waals surface area contributed by atoms with Crippen LogP contribution < -0.4 is 4.90 Å². The van der Waals surface area contributed by atoms with Gasteiger partial charge in [0.2, 0.25) is 11.9 Å². The third kappa shape index (κ3) is 2.56. The topological polar surface area (TPSA) is 41.4 Å². The number of nitrogens with zero attached hydrogens (tertiary/aromatic N) is 4.